The molecule has 0 aliphatic carbocycles. The number of fused-ring (bicyclic) bond motifs is 1. The Morgan fingerprint density at radius 1 is 1.27 bits per heavy atom. The van der Waals surface area contributed by atoms with Gasteiger partial charge >= 0.3 is 0 Å². The van der Waals surface area contributed by atoms with Crippen molar-refractivity contribution < 1.29 is 18.4 Å². The number of aromatic nitrogens is 2. The summed E-state index contributed by atoms with van der Waals surface area (Å²) in [6, 6.07) is 2.91. The normalized spacial score (nSPS) is 21.0. The van der Waals surface area contributed by atoms with Crippen molar-refractivity contribution in [3.05, 3.63) is 45.8 Å². The Balaban J connectivity index is 1.64. The van der Waals surface area contributed by atoms with E-state index in [9.17, 15) is 23.2 Å². The first-order valence-electron chi connectivity index (χ1n) is 9.76. The molecule has 2 aromatic rings. The van der Waals surface area contributed by atoms with E-state index in [1.165, 1.54) is 6.07 Å². The molecule has 8 nitrogen and oxygen atoms in total. The van der Waals surface area contributed by atoms with E-state index in [1.54, 1.807) is 0 Å². The number of nitrogens with zero attached hydrogens (tertiary/aromatic N) is 2. The van der Waals surface area contributed by atoms with E-state index < -0.39 is 34.9 Å². The van der Waals surface area contributed by atoms with E-state index in [4.69, 9.17) is 0 Å². The summed E-state index contributed by atoms with van der Waals surface area (Å²) in [5, 5.41) is 5.01. The number of carbonyl (C=O) groups is 2. The number of hydrogen-bond acceptors (Lipinski definition) is 5. The van der Waals surface area contributed by atoms with Crippen molar-refractivity contribution >= 4 is 29.3 Å². The maximum absolute atomic E-state index is 13.4. The van der Waals surface area contributed by atoms with Crippen LogP contribution in [0.15, 0.2) is 23.0 Å². The van der Waals surface area contributed by atoms with Gasteiger partial charge < -0.3 is 15.5 Å². The highest BCUT2D eigenvalue weighted by atomic mass is 19.2. The minimum Gasteiger partial charge on any atom is -0.342 e. The lowest BCUT2D eigenvalue weighted by Crippen LogP contribution is -2.40. The van der Waals surface area contributed by atoms with Gasteiger partial charge in [0.05, 0.1) is 11.5 Å². The quantitative estimate of drug-likeness (QED) is 0.711. The lowest BCUT2D eigenvalue weighted by Gasteiger charge is -2.32. The second-order valence-electron chi connectivity index (χ2n) is 7.77. The van der Waals surface area contributed by atoms with Crippen LogP contribution in [0.4, 0.5) is 26.2 Å². The topological polar surface area (TPSA) is 107 Å². The van der Waals surface area contributed by atoms with Crippen LogP contribution in [0.5, 0.6) is 0 Å². The van der Waals surface area contributed by atoms with Gasteiger partial charge in [0, 0.05) is 31.3 Å². The van der Waals surface area contributed by atoms with Crippen molar-refractivity contribution in [3.8, 4) is 0 Å². The molecule has 1 fully saturated rings. The van der Waals surface area contributed by atoms with Crippen molar-refractivity contribution in [3.63, 3.8) is 0 Å². The third-order valence-electron chi connectivity index (χ3n) is 5.40. The number of rotatable bonds is 3. The van der Waals surface area contributed by atoms with Gasteiger partial charge in [0.15, 0.2) is 11.6 Å². The maximum atomic E-state index is 13.4. The molecule has 4 rings (SSSR count). The Labute approximate surface area is 170 Å². The van der Waals surface area contributed by atoms with Gasteiger partial charge in [0.2, 0.25) is 17.8 Å². The average Bonchev–Trinajstić information content (AvgIpc) is 2.69. The zero-order chi connectivity index (χ0) is 21.4. The Morgan fingerprint density at radius 3 is 2.80 bits per heavy atom. The second-order valence-corrected chi connectivity index (χ2v) is 7.77. The summed E-state index contributed by atoms with van der Waals surface area (Å²) in [7, 11) is 0. The van der Waals surface area contributed by atoms with E-state index >= 15 is 0 Å². The number of H-pyrrole nitrogens is 1. The third kappa shape index (κ3) is 3.89. The SMILES string of the molecule is C[C@@H]1CCCN(c2nc3c(c(=O)[nH]2)[C@@H](C(=O)Nc2ccc(F)c(F)c2)CC(=O)N3)C1. The summed E-state index contributed by atoms with van der Waals surface area (Å²) < 4.78 is 26.5. The molecule has 10 heteroatoms. The molecule has 2 amide bonds. The number of nitrogens with one attached hydrogen (secondary N) is 3. The first-order valence-corrected chi connectivity index (χ1v) is 9.76. The molecule has 1 aromatic carbocycles. The fourth-order valence-electron chi connectivity index (χ4n) is 3.92. The number of amides is 2. The molecule has 0 saturated carbocycles. The van der Waals surface area contributed by atoms with Crippen LogP contribution >= 0.6 is 0 Å². The van der Waals surface area contributed by atoms with Gasteiger partial charge in [-0.15, -0.1) is 0 Å². The van der Waals surface area contributed by atoms with Crippen LogP contribution in [-0.4, -0.2) is 34.9 Å². The Kier molecular flexibility index (Phi) is 5.23. The summed E-state index contributed by atoms with van der Waals surface area (Å²) in [6.45, 7) is 3.58. The summed E-state index contributed by atoms with van der Waals surface area (Å²) >= 11 is 0. The number of piperidine rings is 1. The predicted molar refractivity (Wildman–Crippen MR) is 106 cm³/mol. The Hall–Kier alpha value is -3.30. The maximum Gasteiger partial charge on any atom is 0.258 e. The number of benzene rings is 1. The van der Waals surface area contributed by atoms with Crippen LogP contribution in [0.1, 0.15) is 37.7 Å². The highest BCUT2D eigenvalue weighted by Crippen LogP contribution is 2.31. The number of aromatic amines is 1. The Bertz CT molecular complexity index is 1070. The van der Waals surface area contributed by atoms with Crippen molar-refractivity contribution in [2.75, 3.05) is 28.6 Å². The first-order chi connectivity index (χ1) is 14.3. The average molecular weight is 417 g/mol. The molecular formula is C20H21F2N5O3. The number of carbonyl (C=O) groups excluding carboxylic acids is 2. The van der Waals surface area contributed by atoms with Crippen molar-refractivity contribution in [2.24, 2.45) is 5.92 Å². The molecule has 1 saturated heterocycles. The van der Waals surface area contributed by atoms with E-state index in [-0.39, 0.29) is 23.5 Å². The third-order valence-corrected chi connectivity index (χ3v) is 5.40. The molecule has 0 spiro atoms. The lowest BCUT2D eigenvalue weighted by molar-refractivity contribution is -0.123. The van der Waals surface area contributed by atoms with Crippen molar-refractivity contribution in [1.29, 1.82) is 0 Å². The van der Waals surface area contributed by atoms with E-state index in [2.05, 4.69) is 27.5 Å². The summed E-state index contributed by atoms with van der Waals surface area (Å²) in [5.74, 6) is -3.55. The van der Waals surface area contributed by atoms with Crippen molar-refractivity contribution in [2.45, 2.75) is 32.1 Å². The van der Waals surface area contributed by atoms with Crippen LogP contribution in [0.3, 0.4) is 0 Å². The largest absolute Gasteiger partial charge is 0.342 e. The van der Waals surface area contributed by atoms with Gasteiger partial charge in [-0.2, -0.15) is 4.98 Å². The van der Waals surface area contributed by atoms with Gasteiger partial charge in [-0.3, -0.25) is 19.4 Å². The fourth-order valence-corrected chi connectivity index (χ4v) is 3.92. The van der Waals surface area contributed by atoms with Crippen LogP contribution in [-0.2, 0) is 9.59 Å². The van der Waals surface area contributed by atoms with Gasteiger partial charge in [0.1, 0.15) is 5.82 Å². The monoisotopic (exact) mass is 417 g/mol. The predicted octanol–water partition coefficient (Wildman–Crippen LogP) is 2.35. The summed E-state index contributed by atoms with van der Waals surface area (Å²) in [6.07, 6.45) is 1.80. The summed E-state index contributed by atoms with van der Waals surface area (Å²) in [5.41, 5.74) is -0.447. The second kappa shape index (κ2) is 7.85. The zero-order valence-electron chi connectivity index (χ0n) is 16.3. The molecule has 3 heterocycles. The fraction of sp³-hybridized carbons (Fsp3) is 0.400. The Morgan fingerprint density at radius 2 is 2.07 bits per heavy atom. The molecule has 1 aromatic heterocycles. The highest BCUT2D eigenvalue weighted by Gasteiger charge is 2.35. The van der Waals surface area contributed by atoms with Crippen LogP contribution in [0.25, 0.3) is 0 Å². The molecule has 3 N–H and O–H groups in total. The van der Waals surface area contributed by atoms with Crippen molar-refractivity contribution in [1.82, 2.24) is 9.97 Å². The molecule has 2 aliphatic heterocycles. The molecule has 0 unspecified atom stereocenters. The van der Waals surface area contributed by atoms with E-state index in [0.717, 1.165) is 38.1 Å². The lowest BCUT2D eigenvalue weighted by atomic mass is 9.92. The highest BCUT2D eigenvalue weighted by molar-refractivity contribution is 6.04. The molecule has 2 aliphatic rings. The standard InChI is InChI=1S/C20H21F2N5O3/c1-10-3-2-6-27(9-10)20-25-17-16(19(30)26-20)12(8-15(28)24-17)18(29)23-11-4-5-13(21)14(22)7-11/h4-5,7,10,12H,2-3,6,8-9H2,1H3,(H,23,29)(H2,24,25,26,28,30)/t10-,12+/m1/s1. The molecule has 0 radical (unpaired) electrons. The van der Waals surface area contributed by atoms with E-state index in [0.29, 0.717) is 11.9 Å². The molecule has 30 heavy (non-hydrogen) atoms. The molecule has 158 valence electrons. The van der Waals surface area contributed by atoms with Crippen LogP contribution in [0, 0.1) is 17.6 Å². The molecule has 2 atom stereocenters. The van der Waals surface area contributed by atoms with Gasteiger partial charge in [0.25, 0.3) is 5.56 Å². The number of anilines is 3. The molecule has 0 bridgehead atoms. The van der Waals surface area contributed by atoms with Crippen LogP contribution in [0.2, 0.25) is 0 Å². The smallest absolute Gasteiger partial charge is 0.258 e. The van der Waals surface area contributed by atoms with Gasteiger partial charge in [-0.05, 0) is 30.9 Å². The van der Waals surface area contributed by atoms with Gasteiger partial charge in [-0.25, -0.2) is 8.78 Å². The minimum atomic E-state index is -1.12. The first kappa shape index (κ1) is 20.0. The molecular weight excluding hydrogens is 396 g/mol. The summed E-state index contributed by atoms with van der Waals surface area (Å²) in [4.78, 5) is 46.8. The number of hydrogen-bond donors (Lipinski definition) is 3. The number of halogens is 2. The zero-order valence-corrected chi connectivity index (χ0v) is 16.3. The van der Waals surface area contributed by atoms with E-state index in [1.807, 2.05) is 4.90 Å². The minimum absolute atomic E-state index is 0.0229. The van der Waals surface area contributed by atoms with Gasteiger partial charge in [-0.1, -0.05) is 6.92 Å². The van der Waals surface area contributed by atoms with Crippen LogP contribution < -0.4 is 21.1 Å².